The van der Waals surface area contributed by atoms with Crippen molar-refractivity contribution in [2.75, 3.05) is 37.6 Å². The molecule has 1 N–H and O–H groups in total. The molecule has 0 spiro atoms. The first-order valence-corrected chi connectivity index (χ1v) is 11.2. The molecule has 2 saturated heterocycles. The quantitative estimate of drug-likeness (QED) is 0.800. The molecule has 3 fully saturated rings. The predicted molar refractivity (Wildman–Crippen MR) is 106 cm³/mol. The molecule has 2 heterocycles. The van der Waals surface area contributed by atoms with Crippen LogP contribution in [0.25, 0.3) is 0 Å². The van der Waals surface area contributed by atoms with E-state index in [4.69, 9.17) is 0 Å². The number of sulfonamides is 1. The molecule has 4 rings (SSSR count). The summed E-state index contributed by atoms with van der Waals surface area (Å²) in [6.45, 7) is 6.55. The molecule has 1 saturated carbocycles. The second-order valence-electron chi connectivity index (χ2n) is 7.88. The number of nitrogens with zero attached hydrogens (tertiary/aromatic N) is 3. The van der Waals surface area contributed by atoms with Gasteiger partial charge in [-0.3, -0.25) is 4.79 Å². The molecular weight excluding hydrogens is 380 g/mol. The summed E-state index contributed by atoms with van der Waals surface area (Å²) in [5.41, 5.74) is 3.59. The van der Waals surface area contributed by atoms with Crippen LogP contribution in [0.15, 0.2) is 18.2 Å². The molecule has 2 aliphatic heterocycles. The Morgan fingerprint density at radius 2 is 1.79 bits per heavy atom. The Morgan fingerprint density at radius 3 is 2.43 bits per heavy atom. The van der Waals surface area contributed by atoms with Gasteiger partial charge in [-0.05, 0) is 43.9 Å². The highest BCUT2D eigenvalue weighted by Crippen LogP contribution is 2.32. The number of rotatable bonds is 4. The predicted octanol–water partition coefficient (Wildman–Crippen LogP) is 0.838. The van der Waals surface area contributed by atoms with Crippen LogP contribution in [-0.4, -0.2) is 73.6 Å². The molecule has 1 aromatic carbocycles. The first-order chi connectivity index (χ1) is 13.3. The molecule has 8 nitrogen and oxygen atoms in total. The third kappa shape index (κ3) is 3.43. The molecule has 28 heavy (non-hydrogen) atoms. The van der Waals surface area contributed by atoms with Gasteiger partial charge in [-0.25, -0.2) is 17.5 Å². The fourth-order valence-electron chi connectivity index (χ4n) is 3.87. The number of anilines is 1. The molecule has 0 unspecified atom stereocenters. The number of aryl methyl sites for hydroxylation is 2. The summed E-state index contributed by atoms with van der Waals surface area (Å²) in [5, 5.41) is 2.09. The summed E-state index contributed by atoms with van der Waals surface area (Å²) in [5.74, 6) is -0.206. The maximum atomic E-state index is 12.8. The minimum Gasteiger partial charge on any atom is -0.368 e. The Bertz CT molecular complexity index is 905. The lowest BCUT2D eigenvalue weighted by molar-refractivity contribution is -0.133. The summed E-state index contributed by atoms with van der Waals surface area (Å²) in [6.07, 6.45) is 1.18. The van der Waals surface area contributed by atoms with Crippen molar-refractivity contribution in [1.82, 2.24) is 14.5 Å². The molecule has 1 aromatic rings. The van der Waals surface area contributed by atoms with E-state index in [-0.39, 0.29) is 12.5 Å². The third-order valence-electron chi connectivity index (χ3n) is 5.72. The van der Waals surface area contributed by atoms with Crippen molar-refractivity contribution in [2.24, 2.45) is 0 Å². The number of carbonyl (C=O) groups is 2. The molecular formula is C19H26N4O4S. The van der Waals surface area contributed by atoms with E-state index < -0.39 is 27.3 Å². The standard InChI is InChI=1S/C19H26N4O4S/c1-13-3-4-14(2)17(11-13)21-7-9-22(10-8-21)18(24)16-12-23(19(25)20-16)28(26,27)15-5-6-15/h3-4,11,15-16H,5-10,12H2,1-2H3,(H,20,25)/t16-/m0/s1. The van der Waals surface area contributed by atoms with Gasteiger partial charge in [-0.2, -0.15) is 0 Å². The second-order valence-corrected chi connectivity index (χ2v) is 10.0. The summed E-state index contributed by atoms with van der Waals surface area (Å²) in [6, 6.07) is 4.87. The number of nitrogens with one attached hydrogen (secondary N) is 1. The fraction of sp³-hybridized carbons (Fsp3) is 0.579. The van der Waals surface area contributed by atoms with Gasteiger partial charge >= 0.3 is 6.03 Å². The van der Waals surface area contributed by atoms with E-state index in [0.29, 0.717) is 39.0 Å². The molecule has 1 atom stereocenters. The highest BCUT2D eigenvalue weighted by atomic mass is 32.2. The van der Waals surface area contributed by atoms with Crippen molar-refractivity contribution in [2.45, 2.75) is 38.0 Å². The van der Waals surface area contributed by atoms with E-state index in [1.165, 1.54) is 16.8 Å². The van der Waals surface area contributed by atoms with Gasteiger partial charge in [0.1, 0.15) is 6.04 Å². The zero-order valence-corrected chi connectivity index (χ0v) is 17.0. The summed E-state index contributed by atoms with van der Waals surface area (Å²) < 4.78 is 25.5. The van der Waals surface area contributed by atoms with Gasteiger partial charge in [-0.15, -0.1) is 0 Å². The van der Waals surface area contributed by atoms with Gasteiger partial charge in [0.05, 0.1) is 11.8 Å². The van der Waals surface area contributed by atoms with Crippen LogP contribution >= 0.6 is 0 Å². The fourth-order valence-corrected chi connectivity index (χ4v) is 5.60. The van der Waals surface area contributed by atoms with E-state index in [1.54, 1.807) is 4.90 Å². The number of amides is 3. The Hall–Kier alpha value is -2.29. The summed E-state index contributed by atoms with van der Waals surface area (Å²) in [4.78, 5) is 28.9. The summed E-state index contributed by atoms with van der Waals surface area (Å²) in [7, 11) is -3.62. The smallest absolute Gasteiger partial charge is 0.331 e. The lowest BCUT2D eigenvalue weighted by Crippen LogP contribution is -2.54. The Balaban J connectivity index is 1.38. The highest BCUT2D eigenvalue weighted by molar-refractivity contribution is 7.90. The van der Waals surface area contributed by atoms with Gasteiger partial charge in [0, 0.05) is 31.9 Å². The number of piperazine rings is 1. The van der Waals surface area contributed by atoms with Gasteiger partial charge in [0.15, 0.2) is 0 Å². The number of hydrogen-bond donors (Lipinski definition) is 1. The van der Waals surface area contributed by atoms with Crippen LogP contribution in [0.2, 0.25) is 0 Å². The molecule has 9 heteroatoms. The molecule has 0 radical (unpaired) electrons. The lowest BCUT2D eigenvalue weighted by atomic mass is 10.1. The highest BCUT2D eigenvalue weighted by Gasteiger charge is 2.48. The van der Waals surface area contributed by atoms with Crippen molar-refractivity contribution < 1.29 is 18.0 Å². The lowest BCUT2D eigenvalue weighted by Gasteiger charge is -2.37. The topological polar surface area (TPSA) is 90.0 Å². The van der Waals surface area contributed by atoms with Crippen molar-refractivity contribution >= 4 is 27.6 Å². The molecule has 3 aliphatic rings. The van der Waals surface area contributed by atoms with Crippen LogP contribution in [-0.2, 0) is 14.8 Å². The van der Waals surface area contributed by atoms with Crippen LogP contribution in [0.3, 0.4) is 0 Å². The Labute approximate surface area is 165 Å². The van der Waals surface area contributed by atoms with Crippen molar-refractivity contribution in [3.05, 3.63) is 29.3 Å². The van der Waals surface area contributed by atoms with Crippen LogP contribution in [0.1, 0.15) is 24.0 Å². The normalized spacial score (nSPS) is 23.1. The third-order valence-corrected chi connectivity index (χ3v) is 7.96. The number of urea groups is 1. The molecule has 0 bridgehead atoms. The minimum atomic E-state index is -3.62. The zero-order valence-electron chi connectivity index (χ0n) is 16.2. The van der Waals surface area contributed by atoms with Crippen LogP contribution in [0.5, 0.6) is 0 Å². The van der Waals surface area contributed by atoms with Crippen molar-refractivity contribution in [3.8, 4) is 0 Å². The average molecular weight is 407 g/mol. The summed E-state index contributed by atoms with van der Waals surface area (Å²) >= 11 is 0. The van der Waals surface area contributed by atoms with E-state index in [2.05, 4.69) is 42.3 Å². The van der Waals surface area contributed by atoms with Gasteiger partial charge in [-0.1, -0.05) is 12.1 Å². The first kappa shape index (κ1) is 19.0. The first-order valence-electron chi connectivity index (χ1n) is 9.70. The van der Waals surface area contributed by atoms with Gasteiger partial charge in [0.2, 0.25) is 15.9 Å². The van der Waals surface area contributed by atoms with E-state index in [0.717, 1.165) is 4.31 Å². The Morgan fingerprint density at radius 1 is 1.11 bits per heavy atom. The van der Waals surface area contributed by atoms with Crippen LogP contribution in [0.4, 0.5) is 10.5 Å². The van der Waals surface area contributed by atoms with E-state index >= 15 is 0 Å². The SMILES string of the molecule is Cc1ccc(C)c(N2CCN(C(=O)[C@@H]3CN(S(=O)(=O)C4CC4)C(=O)N3)CC2)c1. The zero-order chi connectivity index (χ0) is 20.1. The van der Waals surface area contributed by atoms with Crippen molar-refractivity contribution in [1.29, 1.82) is 0 Å². The molecule has 152 valence electrons. The maximum absolute atomic E-state index is 12.8. The number of hydrogen-bond acceptors (Lipinski definition) is 5. The van der Waals surface area contributed by atoms with E-state index in [9.17, 15) is 18.0 Å². The number of benzene rings is 1. The van der Waals surface area contributed by atoms with Crippen LogP contribution < -0.4 is 10.2 Å². The molecule has 1 aliphatic carbocycles. The maximum Gasteiger partial charge on any atom is 0.331 e. The van der Waals surface area contributed by atoms with Crippen molar-refractivity contribution in [3.63, 3.8) is 0 Å². The number of carbonyl (C=O) groups excluding carboxylic acids is 2. The second kappa shape index (κ2) is 6.95. The Kier molecular flexibility index (Phi) is 4.73. The van der Waals surface area contributed by atoms with Gasteiger partial charge in [0.25, 0.3) is 0 Å². The van der Waals surface area contributed by atoms with Gasteiger partial charge < -0.3 is 15.1 Å². The molecule has 3 amide bonds. The largest absolute Gasteiger partial charge is 0.368 e. The molecule has 0 aromatic heterocycles. The minimum absolute atomic E-state index is 0.103. The monoisotopic (exact) mass is 406 g/mol. The average Bonchev–Trinajstić information content (AvgIpc) is 3.46. The van der Waals surface area contributed by atoms with E-state index in [1.807, 2.05) is 0 Å². The van der Waals surface area contributed by atoms with Crippen LogP contribution in [0, 0.1) is 13.8 Å².